The first-order valence-electron chi connectivity index (χ1n) is 8.00. The molecule has 0 saturated heterocycles. The van der Waals surface area contributed by atoms with Gasteiger partial charge < -0.3 is 25.3 Å². The number of carboxylic acids is 2. The molecule has 1 aliphatic rings. The number of rotatable bonds is 5. The average molecular weight is 352 g/mol. The van der Waals surface area contributed by atoms with E-state index in [2.05, 4.69) is 34.7 Å². The summed E-state index contributed by atoms with van der Waals surface area (Å²) in [7, 11) is 1.71. The maximum Gasteiger partial charge on any atom is 0.303 e. The Morgan fingerprint density at radius 3 is 2.52 bits per heavy atom. The minimum atomic E-state index is -1.08. The topological polar surface area (TPSA) is 112 Å². The van der Waals surface area contributed by atoms with Gasteiger partial charge in [-0.05, 0) is 36.7 Å². The third kappa shape index (κ3) is 5.36. The highest BCUT2D eigenvalue weighted by Gasteiger charge is 2.11. The van der Waals surface area contributed by atoms with Crippen LogP contribution in [0.1, 0.15) is 29.1 Å². The molecule has 0 bridgehead atoms. The molecule has 0 aliphatic carbocycles. The molecule has 0 spiro atoms. The fourth-order valence-electron chi connectivity index (χ4n) is 2.57. The van der Waals surface area contributed by atoms with Gasteiger partial charge >= 0.3 is 11.9 Å². The number of fused-ring (bicyclic) bond motifs is 1. The normalized spacial score (nSPS) is 13.6. The lowest BCUT2D eigenvalue weighted by Gasteiger charge is -2.13. The number of carboxylic acid groups (broad SMARTS) is 2. The molecule has 0 fully saturated rings. The minimum absolute atomic E-state index is 0. The van der Waals surface area contributed by atoms with Crippen molar-refractivity contribution < 1.29 is 28.8 Å². The van der Waals surface area contributed by atoms with Gasteiger partial charge in [0.25, 0.3) is 0 Å². The molecule has 1 aliphatic heterocycles. The Morgan fingerprint density at radius 2 is 1.96 bits per heavy atom. The number of hydrogen-bond acceptors (Lipinski definition) is 4. The van der Waals surface area contributed by atoms with Crippen molar-refractivity contribution in [2.24, 2.45) is 0 Å². The van der Waals surface area contributed by atoms with E-state index in [1.165, 1.54) is 22.0 Å². The molecule has 7 nitrogen and oxygen atoms in total. The molecule has 2 aromatic rings. The van der Waals surface area contributed by atoms with E-state index in [-0.39, 0.29) is 17.1 Å². The van der Waals surface area contributed by atoms with Crippen LogP contribution in [0.25, 0.3) is 16.5 Å². The van der Waals surface area contributed by atoms with E-state index < -0.39 is 11.9 Å². The predicted octanol–water partition coefficient (Wildman–Crippen LogP) is 3.23. The molecule has 0 amide bonds. The molecule has 0 atom stereocenters. The molecular weight excluding hydrogens is 324 g/mol. The molecule has 2 heterocycles. The molecule has 3 rings (SSSR count). The Balaban J connectivity index is 0. The van der Waals surface area contributed by atoms with Gasteiger partial charge in [0.15, 0.2) is 0 Å². The Bertz CT molecular complexity index is 779. The second kappa shape index (κ2) is 8.89. The summed E-state index contributed by atoms with van der Waals surface area (Å²) >= 11 is 0. The standard InChI is InChI=1S/C14H16N2O.C4H6O4.3H2/c1-17-11-2-3-14-12(8-11)13(9-16-14)10-4-6-15-7-5-10;5-3(6)1-2-4(7)8;;;/h2-4,8-9,15-16H,5-7H2,1H3;1-2H2,(H,5,6)(H,7,8);3*1H. The summed E-state index contributed by atoms with van der Waals surface area (Å²) in [5, 5.41) is 20.4. The first-order chi connectivity index (χ1) is 12.0. The van der Waals surface area contributed by atoms with Crippen molar-refractivity contribution in [3.63, 3.8) is 0 Å². The van der Waals surface area contributed by atoms with Crippen LogP contribution in [-0.4, -0.2) is 47.3 Å². The summed E-state index contributed by atoms with van der Waals surface area (Å²) in [5.41, 5.74) is 3.89. The van der Waals surface area contributed by atoms with E-state index in [0.29, 0.717) is 0 Å². The van der Waals surface area contributed by atoms with Gasteiger partial charge in [-0.2, -0.15) is 0 Å². The lowest BCUT2D eigenvalue weighted by molar-refractivity contribution is -0.143. The molecule has 25 heavy (non-hydrogen) atoms. The van der Waals surface area contributed by atoms with Gasteiger partial charge in [0.05, 0.1) is 20.0 Å². The summed E-state index contributed by atoms with van der Waals surface area (Å²) in [6.07, 6.45) is 4.86. The van der Waals surface area contributed by atoms with Crippen LogP contribution in [0.2, 0.25) is 0 Å². The average Bonchev–Trinajstić information content (AvgIpc) is 3.04. The van der Waals surface area contributed by atoms with E-state index in [4.69, 9.17) is 14.9 Å². The van der Waals surface area contributed by atoms with Gasteiger partial charge in [-0.25, -0.2) is 0 Å². The lowest BCUT2D eigenvalue weighted by Crippen LogP contribution is -2.19. The Morgan fingerprint density at radius 1 is 1.24 bits per heavy atom. The van der Waals surface area contributed by atoms with E-state index in [1.54, 1.807) is 7.11 Å². The van der Waals surface area contributed by atoms with Gasteiger partial charge in [-0.1, -0.05) is 6.08 Å². The lowest BCUT2D eigenvalue weighted by atomic mass is 10.00. The Hall–Kier alpha value is -2.80. The second-order valence-electron chi connectivity index (χ2n) is 5.58. The van der Waals surface area contributed by atoms with Crippen LogP contribution in [0.3, 0.4) is 0 Å². The third-order valence-corrected chi connectivity index (χ3v) is 3.85. The van der Waals surface area contributed by atoms with Crippen molar-refractivity contribution in [3.8, 4) is 5.75 Å². The molecule has 1 aromatic carbocycles. The number of H-pyrrole nitrogens is 1. The summed E-state index contributed by atoms with van der Waals surface area (Å²) < 4.78 is 5.29. The first-order valence-corrected chi connectivity index (χ1v) is 8.00. The zero-order valence-corrected chi connectivity index (χ0v) is 14.0. The maximum absolute atomic E-state index is 9.64. The zero-order valence-electron chi connectivity index (χ0n) is 14.0. The van der Waals surface area contributed by atoms with Crippen LogP contribution in [-0.2, 0) is 9.59 Å². The predicted molar refractivity (Wildman–Crippen MR) is 101 cm³/mol. The van der Waals surface area contributed by atoms with E-state index in [1.807, 2.05) is 6.07 Å². The van der Waals surface area contributed by atoms with Gasteiger partial charge in [0, 0.05) is 33.5 Å². The number of ether oxygens (including phenoxy) is 1. The molecule has 0 unspecified atom stereocenters. The number of aliphatic carboxylic acids is 2. The van der Waals surface area contributed by atoms with Crippen molar-refractivity contribution in [1.82, 2.24) is 10.3 Å². The zero-order chi connectivity index (χ0) is 18.2. The van der Waals surface area contributed by atoms with Crippen molar-refractivity contribution in [2.75, 3.05) is 20.2 Å². The number of nitrogens with one attached hydrogen (secondary N) is 2. The summed E-state index contributed by atoms with van der Waals surface area (Å²) in [4.78, 5) is 22.6. The maximum atomic E-state index is 9.64. The number of aromatic nitrogens is 1. The smallest absolute Gasteiger partial charge is 0.303 e. The van der Waals surface area contributed by atoms with Crippen molar-refractivity contribution in [3.05, 3.63) is 36.0 Å². The highest BCUT2D eigenvalue weighted by molar-refractivity contribution is 5.93. The monoisotopic (exact) mass is 352 g/mol. The largest absolute Gasteiger partial charge is 0.497 e. The summed E-state index contributed by atoms with van der Waals surface area (Å²) in [5.74, 6) is -1.24. The van der Waals surface area contributed by atoms with Crippen LogP contribution in [0.4, 0.5) is 0 Å². The molecular formula is C18H28N2O5. The fourth-order valence-corrected chi connectivity index (χ4v) is 2.57. The molecule has 7 heteroatoms. The molecule has 1 aromatic heterocycles. The van der Waals surface area contributed by atoms with Crippen LogP contribution < -0.4 is 10.1 Å². The SMILES string of the molecule is COc1ccc2[nH]cc(C3=CCNCC3)c2c1.O=C(O)CCC(=O)O.[HH].[HH].[HH]. The highest BCUT2D eigenvalue weighted by atomic mass is 16.5. The van der Waals surface area contributed by atoms with Crippen LogP contribution in [0.15, 0.2) is 30.5 Å². The van der Waals surface area contributed by atoms with Crippen LogP contribution >= 0.6 is 0 Å². The van der Waals surface area contributed by atoms with Crippen molar-refractivity contribution >= 4 is 28.4 Å². The number of benzene rings is 1. The molecule has 140 valence electrons. The quantitative estimate of drug-likeness (QED) is 0.657. The highest BCUT2D eigenvalue weighted by Crippen LogP contribution is 2.30. The fraction of sp³-hybridized carbons (Fsp3) is 0.333. The van der Waals surface area contributed by atoms with E-state index >= 15 is 0 Å². The Labute approximate surface area is 149 Å². The van der Waals surface area contributed by atoms with E-state index in [0.717, 1.165) is 25.3 Å². The van der Waals surface area contributed by atoms with Crippen molar-refractivity contribution in [1.29, 1.82) is 0 Å². The molecule has 0 saturated carbocycles. The molecule has 4 N–H and O–H groups in total. The first kappa shape index (κ1) is 18.5. The van der Waals surface area contributed by atoms with Gasteiger partial charge in [-0.3, -0.25) is 9.59 Å². The number of carbonyl (C=O) groups is 2. The second-order valence-corrected chi connectivity index (χ2v) is 5.58. The number of methoxy groups -OCH3 is 1. The minimum Gasteiger partial charge on any atom is -0.497 e. The van der Waals surface area contributed by atoms with Gasteiger partial charge in [0.2, 0.25) is 0 Å². The summed E-state index contributed by atoms with van der Waals surface area (Å²) in [6.45, 7) is 2.02. The molecule has 0 radical (unpaired) electrons. The number of aromatic amines is 1. The summed E-state index contributed by atoms with van der Waals surface area (Å²) in [6, 6.07) is 6.16. The van der Waals surface area contributed by atoms with Gasteiger partial charge in [-0.15, -0.1) is 0 Å². The van der Waals surface area contributed by atoms with Crippen LogP contribution in [0.5, 0.6) is 5.75 Å². The Kier molecular flexibility index (Phi) is 6.59. The van der Waals surface area contributed by atoms with E-state index in [9.17, 15) is 9.59 Å². The number of hydrogen-bond donors (Lipinski definition) is 4. The van der Waals surface area contributed by atoms with Crippen molar-refractivity contribution in [2.45, 2.75) is 19.3 Å². The van der Waals surface area contributed by atoms with Gasteiger partial charge in [0.1, 0.15) is 5.75 Å². The van der Waals surface area contributed by atoms with Crippen LogP contribution in [0, 0.1) is 0 Å². The third-order valence-electron chi connectivity index (χ3n) is 3.85.